The number of amides is 1. The van der Waals surface area contributed by atoms with Crippen LogP contribution in [-0.4, -0.2) is 23.7 Å². The second-order valence-electron chi connectivity index (χ2n) is 4.92. The van der Waals surface area contributed by atoms with E-state index in [2.05, 4.69) is 15.5 Å². The lowest BCUT2D eigenvalue weighted by Gasteiger charge is -2.05. The zero-order chi connectivity index (χ0) is 16.1. The van der Waals surface area contributed by atoms with Gasteiger partial charge in [-0.25, -0.2) is 5.43 Å². The van der Waals surface area contributed by atoms with Crippen LogP contribution in [-0.2, 0) is 0 Å². The summed E-state index contributed by atoms with van der Waals surface area (Å²) in [6, 6.07) is 15.2. The molecule has 0 aliphatic carbocycles. The molecule has 116 valence electrons. The van der Waals surface area contributed by atoms with E-state index in [0.717, 1.165) is 22.2 Å². The third kappa shape index (κ3) is 3.23. The summed E-state index contributed by atoms with van der Waals surface area (Å²) in [7, 11) is 0. The maximum atomic E-state index is 12.2. The van der Waals surface area contributed by atoms with Crippen molar-refractivity contribution in [3.05, 3.63) is 65.9 Å². The number of aromatic amines is 1. The summed E-state index contributed by atoms with van der Waals surface area (Å²) < 4.78 is 5.52. The summed E-state index contributed by atoms with van der Waals surface area (Å²) in [6.45, 7) is 2.50. The first-order chi connectivity index (χ1) is 11.3. The Bertz CT molecular complexity index is 852. The second kappa shape index (κ2) is 6.79. The molecule has 2 aromatic carbocycles. The monoisotopic (exact) mass is 307 g/mol. The maximum absolute atomic E-state index is 12.2. The molecule has 0 saturated carbocycles. The Labute approximate surface area is 134 Å². The van der Waals surface area contributed by atoms with Crippen molar-refractivity contribution in [2.75, 3.05) is 6.61 Å². The van der Waals surface area contributed by atoms with Gasteiger partial charge in [-0.2, -0.15) is 5.10 Å². The minimum atomic E-state index is -0.257. The van der Waals surface area contributed by atoms with Gasteiger partial charge in [0, 0.05) is 22.7 Å². The number of carbonyl (C=O) groups excluding carboxylic acids is 1. The molecule has 5 heteroatoms. The molecule has 0 saturated heterocycles. The lowest BCUT2D eigenvalue weighted by Crippen LogP contribution is -2.17. The Morgan fingerprint density at radius 1 is 1.22 bits per heavy atom. The lowest BCUT2D eigenvalue weighted by molar-refractivity contribution is 0.0957. The van der Waals surface area contributed by atoms with Crippen molar-refractivity contribution in [1.29, 1.82) is 0 Å². The number of benzene rings is 2. The van der Waals surface area contributed by atoms with Crippen LogP contribution < -0.4 is 10.2 Å². The van der Waals surface area contributed by atoms with Gasteiger partial charge in [-0.15, -0.1) is 0 Å². The second-order valence-corrected chi connectivity index (χ2v) is 4.92. The molecule has 1 heterocycles. The van der Waals surface area contributed by atoms with Gasteiger partial charge in [0.15, 0.2) is 0 Å². The third-order valence-corrected chi connectivity index (χ3v) is 3.42. The normalized spacial score (nSPS) is 11.0. The molecular weight excluding hydrogens is 290 g/mol. The third-order valence-electron chi connectivity index (χ3n) is 3.42. The molecule has 3 aromatic rings. The fourth-order valence-corrected chi connectivity index (χ4v) is 2.35. The van der Waals surface area contributed by atoms with Gasteiger partial charge < -0.3 is 9.72 Å². The van der Waals surface area contributed by atoms with E-state index in [1.165, 1.54) is 0 Å². The average molecular weight is 307 g/mol. The molecular formula is C18H17N3O2. The van der Waals surface area contributed by atoms with Gasteiger partial charge in [0.25, 0.3) is 5.91 Å². The number of carbonyl (C=O) groups is 1. The van der Waals surface area contributed by atoms with Crippen molar-refractivity contribution in [2.45, 2.75) is 6.92 Å². The number of hydrogen-bond donors (Lipinski definition) is 2. The minimum Gasteiger partial charge on any atom is -0.493 e. The summed E-state index contributed by atoms with van der Waals surface area (Å²) >= 11 is 0. The van der Waals surface area contributed by atoms with Gasteiger partial charge in [-0.3, -0.25) is 4.79 Å². The van der Waals surface area contributed by atoms with E-state index < -0.39 is 0 Å². The minimum absolute atomic E-state index is 0.257. The quantitative estimate of drug-likeness (QED) is 0.561. The van der Waals surface area contributed by atoms with Gasteiger partial charge in [0.2, 0.25) is 0 Å². The standard InChI is InChI=1S/C18H17N3O2/c1-2-23-17-10-6-3-7-13(17)11-20-21-18(22)15-12-19-16-9-5-4-8-14(15)16/h3-12,19H,2H2,1H3,(H,21,22)/b20-11+. The van der Waals surface area contributed by atoms with Crippen molar-refractivity contribution >= 4 is 23.0 Å². The molecule has 0 bridgehead atoms. The number of nitrogens with one attached hydrogen (secondary N) is 2. The summed E-state index contributed by atoms with van der Waals surface area (Å²) in [6.07, 6.45) is 3.27. The molecule has 0 spiro atoms. The number of nitrogens with zero attached hydrogens (tertiary/aromatic N) is 1. The zero-order valence-electron chi connectivity index (χ0n) is 12.7. The van der Waals surface area contributed by atoms with Crippen molar-refractivity contribution in [3.63, 3.8) is 0 Å². The van der Waals surface area contributed by atoms with Crippen LogP contribution in [0.5, 0.6) is 5.75 Å². The number of aromatic nitrogens is 1. The summed E-state index contributed by atoms with van der Waals surface area (Å²) in [5, 5.41) is 4.90. The molecule has 0 fully saturated rings. The summed E-state index contributed by atoms with van der Waals surface area (Å²) in [5.74, 6) is 0.479. The average Bonchev–Trinajstić information content (AvgIpc) is 3.01. The van der Waals surface area contributed by atoms with E-state index in [4.69, 9.17) is 4.74 Å². The molecule has 0 aliphatic rings. The highest BCUT2D eigenvalue weighted by Crippen LogP contribution is 2.18. The predicted molar refractivity (Wildman–Crippen MR) is 91.0 cm³/mol. The molecule has 1 amide bonds. The number of H-pyrrole nitrogens is 1. The Balaban J connectivity index is 1.74. The number of hydrogen-bond acceptors (Lipinski definition) is 3. The van der Waals surface area contributed by atoms with Crippen molar-refractivity contribution < 1.29 is 9.53 Å². The van der Waals surface area contributed by atoms with Gasteiger partial charge in [-0.05, 0) is 25.1 Å². The highest BCUT2D eigenvalue weighted by atomic mass is 16.5. The number of rotatable bonds is 5. The number of para-hydroxylation sites is 2. The van der Waals surface area contributed by atoms with Crippen molar-refractivity contribution in [1.82, 2.24) is 10.4 Å². The molecule has 23 heavy (non-hydrogen) atoms. The van der Waals surface area contributed by atoms with Crippen LogP contribution in [0.4, 0.5) is 0 Å². The smallest absolute Gasteiger partial charge is 0.273 e. The largest absolute Gasteiger partial charge is 0.493 e. The van der Waals surface area contributed by atoms with Crippen LogP contribution in [0, 0.1) is 0 Å². The van der Waals surface area contributed by atoms with Gasteiger partial charge in [-0.1, -0.05) is 30.3 Å². The van der Waals surface area contributed by atoms with Crippen molar-refractivity contribution in [2.24, 2.45) is 5.10 Å². The topological polar surface area (TPSA) is 66.5 Å². The van der Waals surface area contributed by atoms with Crippen LogP contribution in [0.25, 0.3) is 10.9 Å². The highest BCUT2D eigenvalue weighted by molar-refractivity contribution is 6.06. The predicted octanol–water partition coefficient (Wildman–Crippen LogP) is 3.33. The molecule has 2 N–H and O–H groups in total. The Morgan fingerprint density at radius 3 is 2.87 bits per heavy atom. The van der Waals surface area contributed by atoms with Crippen LogP contribution in [0.2, 0.25) is 0 Å². The SMILES string of the molecule is CCOc1ccccc1/C=N/NC(=O)c1c[nH]c2ccccc12. The van der Waals surface area contributed by atoms with Crippen LogP contribution in [0.3, 0.4) is 0 Å². The molecule has 0 aliphatic heterocycles. The molecule has 3 rings (SSSR count). The molecule has 0 atom stereocenters. The summed E-state index contributed by atoms with van der Waals surface area (Å²) in [4.78, 5) is 15.3. The molecule has 0 unspecified atom stereocenters. The van der Waals surface area contributed by atoms with E-state index in [9.17, 15) is 4.79 Å². The Hall–Kier alpha value is -3.08. The van der Waals surface area contributed by atoms with E-state index in [1.807, 2.05) is 55.5 Å². The highest BCUT2D eigenvalue weighted by Gasteiger charge is 2.10. The Kier molecular flexibility index (Phi) is 4.38. The van der Waals surface area contributed by atoms with Gasteiger partial charge in [0.05, 0.1) is 18.4 Å². The number of hydrazone groups is 1. The van der Waals surface area contributed by atoms with Crippen LogP contribution >= 0.6 is 0 Å². The number of fused-ring (bicyclic) bond motifs is 1. The summed E-state index contributed by atoms with van der Waals surface area (Å²) in [5.41, 5.74) is 4.85. The van der Waals surface area contributed by atoms with E-state index in [1.54, 1.807) is 12.4 Å². The maximum Gasteiger partial charge on any atom is 0.273 e. The zero-order valence-corrected chi connectivity index (χ0v) is 12.7. The van der Waals surface area contributed by atoms with E-state index in [0.29, 0.717) is 12.2 Å². The Morgan fingerprint density at radius 2 is 2.00 bits per heavy atom. The fourth-order valence-electron chi connectivity index (χ4n) is 2.35. The fraction of sp³-hybridized carbons (Fsp3) is 0.111. The lowest BCUT2D eigenvalue weighted by atomic mass is 10.2. The molecule has 5 nitrogen and oxygen atoms in total. The molecule has 0 radical (unpaired) electrons. The first-order valence-corrected chi connectivity index (χ1v) is 7.41. The van der Waals surface area contributed by atoms with E-state index >= 15 is 0 Å². The molecule has 1 aromatic heterocycles. The van der Waals surface area contributed by atoms with Crippen LogP contribution in [0.15, 0.2) is 59.8 Å². The number of ether oxygens (including phenoxy) is 1. The first-order valence-electron chi connectivity index (χ1n) is 7.41. The van der Waals surface area contributed by atoms with Gasteiger partial charge in [0.1, 0.15) is 5.75 Å². The van der Waals surface area contributed by atoms with Crippen molar-refractivity contribution in [3.8, 4) is 5.75 Å². The van der Waals surface area contributed by atoms with E-state index in [-0.39, 0.29) is 5.91 Å². The van der Waals surface area contributed by atoms with Crippen LogP contribution in [0.1, 0.15) is 22.8 Å². The first kappa shape index (κ1) is 14.8. The van der Waals surface area contributed by atoms with Gasteiger partial charge >= 0.3 is 0 Å².